The molecule has 0 spiro atoms. The molecule has 4 heteroatoms. The number of hydrogen-bond acceptors (Lipinski definition) is 3. The number of aliphatic imine (C=N–C) groups is 1. The zero-order valence-electron chi connectivity index (χ0n) is 9.33. The van der Waals surface area contributed by atoms with Gasteiger partial charge in [0.05, 0.1) is 12.2 Å². The van der Waals surface area contributed by atoms with E-state index in [2.05, 4.69) is 4.99 Å². The van der Waals surface area contributed by atoms with Gasteiger partial charge in [-0.2, -0.15) is 4.99 Å². The van der Waals surface area contributed by atoms with Crippen molar-refractivity contribution in [3.63, 3.8) is 0 Å². The van der Waals surface area contributed by atoms with Crippen molar-refractivity contribution >= 4 is 6.08 Å². The van der Waals surface area contributed by atoms with Gasteiger partial charge in [-0.25, -0.2) is 9.18 Å². The SMILES string of the molecule is O=C=NC1(c2c(F)ccc3c2OCC3)CCC1. The number of fused-ring (bicyclic) bond motifs is 1. The van der Waals surface area contributed by atoms with Crippen molar-refractivity contribution in [3.8, 4) is 5.75 Å². The van der Waals surface area contributed by atoms with Crippen molar-refractivity contribution in [2.45, 2.75) is 31.2 Å². The average molecular weight is 233 g/mol. The van der Waals surface area contributed by atoms with E-state index in [4.69, 9.17) is 4.74 Å². The third kappa shape index (κ3) is 1.41. The van der Waals surface area contributed by atoms with Crippen LogP contribution in [0, 0.1) is 5.82 Å². The van der Waals surface area contributed by atoms with Crippen LogP contribution in [0.15, 0.2) is 17.1 Å². The topological polar surface area (TPSA) is 38.7 Å². The van der Waals surface area contributed by atoms with Gasteiger partial charge in [0, 0.05) is 6.42 Å². The third-order valence-electron chi connectivity index (χ3n) is 3.71. The van der Waals surface area contributed by atoms with Crippen molar-refractivity contribution in [2.75, 3.05) is 6.61 Å². The highest BCUT2D eigenvalue weighted by atomic mass is 19.1. The van der Waals surface area contributed by atoms with Gasteiger partial charge in [-0.1, -0.05) is 6.07 Å². The fraction of sp³-hybridized carbons (Fsp3) is 0.462. The number of nitrogens with zero attached hydrogens (tertiary/aromatic N) is 1. The summed E-state index contributed by atoms with van der Waals surface area (Å²) in [5.41, 5.74) is 0.748. The van der Waals surface area contributed by atoms with Crippen molar-refractivity contribution in [3.05, 3.63) is 29.1 Å². The number of rotatable bonds is 2. The highest BCUT2D eigenvalue weighted by molar-refractivity contribution is 5.51. The molecule has 88 valence electrons. The van der Waals surface area contributed by atoms with Crippen molar-refractivity contribution in [1.82, 2.24) is 0 Å². The summed E-state index contributed by atoms with van der Waals surface area (Å²) in [7, 11) is 0. The zero-order valence-corrected chi connectivity index (χ0v) is 9.33. The molecule has 2 aliphatic rings. The maximum absolute atomic E-state index is 14.0. The Hall–Kier alpha value is -1.67. The molecule has 1 heterocycles. The van der Waals surface area contributed by atoms with Crippen LogP contribution in [0.5, 0.6) is 5.75 Å². The second-order valence-electron chi connectivity index (χ2n) is 4.60. The molecule has 1 saturated carbocycles. The fourth-order valence-electron chi connectivity index (χ4n) is 2.68. The van der Waals surface area contributed by atoms with Crippen LogP contribution < -0.4 is 4.74 Å². The Bertz CT molecular complexity index is 516. The van der Waals surface area contributed by atoms with Crippen LogP contribution in [0.2, 0.25) is 0 Å². The third-order valence-corrected chi connectivity index (χ3v) is 3.71. The second kappa shape index (κ2) is 3.67. The molecule has 0 amide bonds. The molecule has 0 atom stereocenters. The lowest BCUT2D eigenvalue weighted by Gasteiger charge is -2.37. The van der Waals surface area contributed by atoms with Crippen LogP contribution in [-0.2, 0) is 16.8 Å². The van der Waals surface area contributed by atoms with E-state index in [0.29, 0.717) is 30.8 Å². The first-order chi connectivity index (χ1) is 8.27. The van der Waals surface area contributed by atoms with E-state index in [9.17, 15) is 9.18 Å². The Morgan fingerprint density at radius 1 is 1.41 bits per heavy atom. The lowest BCUT2D eigenvalue weighted by molar-refractivity contribution is 0.235. The van der Waals surface area contributed by atoms with E-state index in [1.165, 1.54) is 6.07 Å². The Morgan fingerprint density at radius 3 is 2.88 bits per heavy atom. The lowest BCUT2D eigenvalue weighted by Crippen LogP contribution is -2.33. The lowest BCUT2D eigenvalue weighted by atomic mass is 9.71. The minimum Gasteiger partial charge on any atom is -0.492 e. The molecule has 0 bridgehead atoms. The summed E-state index contributed by atoms with van der Waals surface area (Å²) in [6.07, 6.45) is 4.71. The number of benzene rings is 1. The molecule has 1 aromatic rings. The van der Waals surface area contributed by atoms with Gasteiger partial charge in [-0.3, -0.25) is 0 Å². The van der Waals surface area contributed by atoms with Crippen molar-refractivity contribution in [1.29, 1.82) is 0 Å². The molecule has 0 N–H and O–H groups in total. The molecule has 1 aliphatic carbocycles. The quantitative estimate of drug-likeness (QED) is 0.581. The molecule has 0 aromatic heterocycles. The highest BCUT2D eigenvalue weighted by Gasteiger charge is 2.44. The maximum Gasteiger partial charge on any atom is 0.235 e. The van der Waals surface area contributed by atoms with Gasteiger partial charge in [-0.15, -0.1) is 0 Å². The zero-order chi connectivity index (χ0) is 11.9. The Morgan fingerprint density at radius 2 is 2.24 bits per heavy atom. The van der Waals surface area contributed by atoms with Crippen molar-refractivity contribution < 1.29 is 13.9 Å². The fourth-order valence-corrected chi connectivity index (χ4v) is 2.68. The first kappa shape index (κ1) is 10.5. The molecular weight excluding hydrogens is 221 g/mol. The van der Waals surface area contributed by atoms with E-state index in [1.807, 2.05) is 0 Å². The molecule has 1 aromatic carbocycles. The van der Waals surface area contributed by atoms with Crippen LogP contribution in [-0.4, -0.2) is 12.7 Å². The summed E-state index contributed by atoms with van der Waals surface area (Å²) in [4.78, 5) is 14.4. The van der Waals surface area contributed by atoms with Gasteiger partial charge in [-0.05, 0) is 30.9 Å². The maximum atomic E-state index is 14.0. The predicted octanol–water partition coefficient (Wildman–Crippen LogP) is 2.48. The highest BCUT2D eigenvalue weighted by Crippen LogP contribution is 2.50. The Kier molecular flexibility index (Phi) is 2.26. The summed E-state index contributed by atoms with van der Waals surface area (Å²) in [5, 5.41) is 0. The molecule has 0 saturated heterocycles. The molecule has 0 unspecified atom stereocenters. The summed E-state index contributed by atoms with van der Waals surface area (Å²) >= 11 is 0. The number of carbonyl (C=O) groups excluding carboxylic acids is 1. The van der Waals surface area contributed by atoms with Crippen LogP contribution in [0.3, 0.4) is 0 Å². The largest absolute Gasteiger partial charge is 0.492 e. The molecule has 3 rings (SSSR count). The van der Waals surface area contributed by atoms with E-state index >= 15 is 0 Å². The average Bonchev–Trinajstić information content (AvgIpc) is 2.72. The number of hydrogen-bond donors (Lipinski definition) is 0. The molecular formula is C13H12FNO2. The van der Waals surface area contributed by atoms with Gasteiger partial charge in [0.2, 0.25) is 6.08 Å². The molecule has 1 aliphatic heterocycles. The van der Waals surface area contributed by atoms with E-state index in [-0.39, 0.29) is 5.82 Å². The molecule has 0 radical (unpaired) electrons. The first-order valence-electron chi connectivity index (χ1n) is 5.80. The van der Waals surface area contributed by atoms with Crippen molar-refractivity contribution in [2.24, 2.45) is 4.99 Å². The van der Waals surface area contributed by atoms with E-state index in [1.54, 1.807) is 12.1 Å². The summed E-state index contributed by atoms with van der Waals surface area (Å²) in [6.45, 7) is 0.576. The second-order valence-corrected chi connectivity index (χ2v) is 4.60. The smallest absolute Gasteiger partial charge is 0.235 e. The minimum absolute atomic E-state index is 0.329. The molecule has 17 heavy (non-hydrogen) atoms. The Labute approximate surface area is 98.3 Å². The minimum atomic E-state index is -0.721. The normalized spacial score (nSPS) is 19.8. The molecule has 3 nitrogen and oxygen atoms in total. The van der Waals surface area contributed by atoms with Gasteiger partial charge < -0.3 is 4.74 Å². The Balaban J connectivity index is 2.20. The van der Waals surface area contributed by atoms with Crippen LogP contribution in [0.25, 0.3) is 0 Å². The van der Waals surface area contributed by atoms with Gasteiger partial charge in [0.25, 0.3) is 0 Å². The predicted molar refractivity (Wildman–Crippen MR) is 59.2 cm³/mol. The van der Waals surface area contributed by atoms with Gasteiger partial charge in [0.1, 0.15) is 17.1 Å². The summed E-state index contributed by atoms with van der Waals surface area (Å²) in [5.74, 6) is 0.271. The number of halogens is 1. The number of ether oxygens (including phenoxy) is 1. The first-order valence-corrected chi connectivity index (χ1v) is 5.80. The van der Waals surface area contributed by atoms with E-state index in [0.717, 1.165) is 18.4 Å². The van der Waals surface area contributed by atoms with Gasteiger partial charge in [0.15, 0.2) is 0 Å². The molecule has 1 fully saturated rings. The van der Waals surface area contributed by atoms with Crippen LogP contribution in [0.1, 0.15) is 30.4 Å². The van der Waals surface area contributed by atoms with Gasteiger partial charge >= 0.3 is 0 Å². The van der Waals surface area contributed by atoms with Crippen LogP contribution >= 0.6 is 0 Å². The standard InChI is InChI=1S/C13H12FNO2/c14-10-3-2-9-4-7-17-12(9)11(10)13(15-8-16)5-1-6-13/h2-3H,1,4-7H2. The monoisotopic (exact) mass is 233 g/mol. The summed E-state index contributed by atoms with van der Waals surface area (Å²) < 4.78 is 19.5. The summed E-state index contributed by atoms with van der Waals surface area (Å²) in [6, 6.07) is 3.20. The van der Waals surface area contributed by atoms with E-state index < -0.39 is 5.54 Å². The van der Waals surface area contributed by atoms with Crippen LogP contribution in [0.4, 0.5) is 4.39 Å². The number of isocyanates is 1.